The molecule has 1 aromatic rings. The van der Waals surface area contributed by atoms with E-state index < -0.39 is 0 Å². The van der Waals surface area contributed by atoms with Crippen molar-refractivity contribution < 1.29 is 14.3 Å². The van der Waals surface area contributed by atoms with Gasteiger partial charge >= 0.3 is 0 Å². The third-order valence-electron chi connectivity index (χ3n) is 3.75. The lowest BCUT2D eigenvalue weighted by atomic mass is 9.79. The van der Waals surface area contributed by atoms with Gasteiger partial charge in [0.15, 0.2) is 0 Å². The van der Waals surface area contributed by atoms with E-state index in [1.165, 1.54) is 0 Å². The molecule has 0 heterocycles. The van der Waals surface area contributed by atoms with Crippen LogP contribution in [0.25, 0.3) is 0 Å². The van der Waals surface area contributed by atoms with E-state index in [2.05, 4.69) is 5.32 Å². The highest BCUT2D eigenvalue weighted by atomic mass is 16.5. The molecule has 0 aliphatic heterocycles. The Hall–Kier alpha value is -1.84. The number of ether oxygens (including phenoxy) is 1. The van der Waals surface area contributed by atoms with Crippen molar-refractivity contribution in [2.45, 2.75) is 33.1 Å². The van der Waals surface area contributed by atoms with Crippen molar-refractivity contribution in [1.82, 2.24) is 0 Å². The number of amides is 1. The van der Waals surface area contributed by atoms with Gasteiger partial charge < -0.3 is 10.1 Å². The monoisotopic (exact) mass is 275 g/mol. The molecular formula is C16H21NO3. The molecule has 1 aromatic carbocycles. The van der Waals surface area contributed by atoms with E-state index in [4.69, 9.17) is 4.74 Å². The number of nitrogens with one attached hydrogen (secondary N) is 1. The van der Waals surface area contributed by atoms with Gasteiger partial charge in [-0.2, -0.15) is 0 Å². The topological polar surface area (TPSA) is 55.4 Å². The standard InChI is InChI=1S/C16H21NO3/c1-3-20-15-7-5-4-6-14(15)17-16(19)13-9-8-12(18)10-11(13)2/h4-7,11,13H,3,8-10H2,1-2H3,(H,17,19)/t11-,13-/m1/s1. The van der Waals surface area contributed by atoms with Crippen LogP contribution in [0.1, 0.15) is 33.1 Å². The predicted octanol–water partition coefficient (Wildman–Crippen LogP) is 3.03. The van der Waals surface area contributed by atoms with Crippen molar-refractivity contribution >= 4 is 17.4 Å². The summed E-state index contributed by atoms with van der Waals surface area (Å²) < 4.78 is 5.50. The summed E-state index contributed by atoms with van der Waals surface area (Å²) in [6, 6.07) is 7.42. The van der Waals surface area contributed by atoms with Crippen molar-refractivity contribution in [2.24, 2.45) is 11.8 Å². The second kappa shape index (κ2) is 6.55. The quantitative estimate of drug-likeness (QED) is 0.919. The maximum absolute atomic E-state index is 12.4. The predicted molar refractivity (Wildman–Crippen MR) is 77.8 cm³/mol. The summed E-state index contributed by atoms with van der Waals surface area (Å²) in [6.45, 7) is 4.43. The lowest BCUT2D eigenvalue weighted by Crippen LogP contribution is -2.33. The molecular weight excluding hydrogens is 254 g/mol. The molecule has 2 atom stereocenters. The Morgan fingerprint density at radius 2 is 2.15 bits per heavy atom. The first kappa shape index (κ1) is 14.6. The first-order valence-corrected chi connectivity index (χ1v) is 7.16. The second-order valence-electron chi connectivity index (χ2n) is 5.28. The molecule has 0 radical (unpaired) electrons. The molecule has 1 fully saturated rings. The van der Waals surface area contributed by atoms with E-state index in [9.17, 15) is 9.59 Å². The SMILES string of the molecule is CCOc1ccccc1NC(=O)[C@@H]1CCC(=O)C[C@H]1C. The highest BCUT2D eigenvalue weighted by Gasteiger charge is 2.31. The molecule has 1 aliphatic carbocycles. The number of benzene rings is 1. The highest BCUT2D eigenvalue weighted by molar-refractivity contribution is 5.95. The van der Waals surface area contributed by atoms with E-state index in [1.54, 1.807) is 0 Å². The normalized spacial score (nSPS) is 22.4. The van der Waals surface area contributed by atoms with E-state index in [0.717, 1.165) is 0 Å². The second-order valence-corrected chi connectivity index (χ2v) is 5.28. The molecule has 1 saturated carbocycles. The van der Waals surface area contributed by atoms with Crippen molar-refractivity contribution in [3.63, 3.8) is 0 Å². The number of para-hydroxylation sites is 2. The van der Waals surface area contributed by atoms with Crippen LogP contribution in [-0.2, 0) is 9.59 Å². The van der Waals surface area contributed by atoms with Gasteiger partial charge in [0.05, 0.1) is 12.3 Å². The van der Waals surface area contributed by atoms with Crippen molar-refractivity contribution in [3.05, 3.63) is 24.3 Å². The smallest absolute Gasteiger partial charge is 0.227 e. The van der Waals surface area contributed by atoms with Crippen LogP contribution in [0, 0.1) is 11.8 Å². The van der Waals surface area contributed by atoms with E-state index in [0.29, 0.717) is 37.3 Å². The van der Waals surface area contributed by atoms with E-state index >= 15 is 0 Å². The Kier molecular flexibility index (Phi) is 4.77. The minimum atomic E-state index is -0.0950. The minimum absolute atomic E-state index is 0.0165. The van der Waals surface area contributed by atoms with Gasteiger partial charge in [-0.25, -0.2) is 0 Å². The summed E-state index contributed by atoms with van der Waals surface area (Å²) in [6.07, 6.45) is 1.66. The highest BCUT2D eigenvalue weighted by Crippen LogP contribution is 2.30. The van der Waals surface area contributed by atoms with Gasteiger partial charge in [0.25, 0.3) is 0 Å². The molecule has 0 unspecified atom stereocenters. The third-order valence-corrected chi connectivity index (χ3v) is 3.75. The van der Waals surface area contributed by atoms with Crippen LogP contribution < -0.4 is 10.1 Å². The molecule has 0 saturated heterocycles. The number of ketones is 1. The number of Topliss-reactive ketones (excluding diaryl/α,β-unsaturated/α-hetero) is 1. The number of carbonyl (C=O) groups is 2. The maximum atomic E-state index is 12.4. The fourth-order valence-corrected chi connectivity index (χ4v) is 2.67. The number of rotatable bonds is 4. The zero-order valence-electron chi connectivity index (χ0n) is 12.0. The van der Waals surface area contributed by atoms with Crippen LogP contribution in [0.3, 0.4) is 0 Å². The first-order chi connectivity index (χ1) is 9.61. The van der Waals surface area contributed by atoms with Crippen LogP contribution in [0.4, 0.5) is 5.69 Å². The summed E-state index contributed by atoms with van der Waals surface area (Å²) in [7, 11) is 0. The van der Waals surface area contributed by atoms with Crippen LogP contribution >= 0.6 is 0 Å². The van der Waals surface area contributed by atoms with Gasteiger partial charge in [-0.3, -0.25) is 9.59 Å². The molecule has 20 heavy (non-hydrogen) atoms. The first-order valence-electron chi connectivity index (χ1n) is 7.16. The fraction of sp³-hybridized carbons (Fsp3) is 0.500. The number of hydrogen-bond donors (Lipinski definition) is 1. The summed E-state index contributed by atoms with van der Waals surface area (Å²) in [5.41, 5.74) is 0.698. The molecule has 1 aliphatic rings. The number of anilines is 1. The summed E-state index contributed by atoms with van der Waals surface area (Å²) in [5.74, 6) is 0.939. The zero-order chi connectivity index (χ0) is 14.5. The lowest BCUT2D eigenvalue weighted by Gasteiger charge is -2.27. The van der Waals surface area contributed by atoms with Crippen LogP contribution in [0.15, 0.2) is 24.3 Å². The Labute approximate surface area is 119 Å². The molecule has 0 spiro atoms. The lowest BCUT2D eigenvalue weighted by molar-refractivity contribution is -0.127. The van der Waals surface area contributed by atoms with Crippen LogP contribution in [0.2, 0.25) is 0 Å². The molecule has 4 heteroatoms. The van der Waals surface area contributed by atoms with Gasteiger partial charge in [0, 0.05) is 18.8 Å². The molecule has 108 valence electrons. The average molecular weight is 275 g/mol. The molecule has 4 nitrogen and oxygen atoms in total. The summed E-state index contributed by atoms with van der Waals surface area (Å²) in [4.78, 5) is 23.8. The van der Waals surface area contributed by atoms with Crippen LogP contribution in [0.5, 0.6) is 5.75 Å². The van der Waals surface area contributed by atoms with Crippen molar-refractivity contribution in [2.75, 3.05) is 11.9 Å². The van der Waals surface area contributed by atoms with Gasteiger partial charge in [-0.1, -0.05) is 19.1 Å². The van der Waals surface area contributed by atoms with Crippen molar-refractivity contribution in [1.29, 1.82) is 0 Å². The molecule has 1 amide bonds. The summed E-state index contributed by atoms with van der Waals surface area (Å²) >= 11 is 0. The van der Waals surface area contributed by atoms with E-state index in [-0.39, 0.29) is 23.5 Å². The largest absolute Gasteiger partial charge is 0.492 e. The third kappa shape index (κ3) is 3.38. The Bertz CT molecular complexity index is 498. The molecule has 0 bridgehead atoms. The van der Waals surface area contributed by atoms with Crippen LogP contribution in [-0.4, -0.2) is 18.3 Å². The van der Waals surface area contributed by atoms with Crippen molar-refractivity contribution in [3.8, 4) is 5.75 Å². The van der Waals surface area contributed by atoms with Gasteiger partial charge in [0.1, 0.15) is 11.5 Å². The fourth-order valence-electron chi connectivity index (χ4n) is 2.67. The Balaban J connectivity index is 2.06. The van der Waals surface area contributed by atoms with Gasteiger partial charge in [-0.05, 0) is 31.4 Å². The number of carbonyl (C=O) groups excluding carboxylic acids is 2. The molecule has 2 rings (SSSR count). The average Bonchev–Trinajstić information content (AvgIpc) is 2.41. The minimum Gasteiger partial charge on any atom is -0.492 e. The van der Waals surface area contributed by atoms with E-state index in [1.807, 2.05) is 38.1 Å². The van der Waals surface area contributed by atoms with Gasteiger partial charge in [-0.15, -0.1) is 0 Å². The Morgan fingerprint density at radius 1 is 1.40 bits per heavy atom. The number of hydrogen-bond acceptors (Lipinski definition) is 3. The maximum Gasteiger partial charge on any atom is 0.227 e. The molecule has 0 aromatic heterocycles. The summed E-state index contributed by atoms with van der Waals surface area (Å²) in [5, 5.41) is 2.94. The Morgan fingerprint density at radius 3 is 2.85 bits per heavy atom. The molecule has 1 N–H and O–H groups in total. The van der Waals surface area contributed by atoms with Gasteiger partial charge in [0.2, 0.25) is 5.91 Å². The zero-order valence-corrected chi connectivity index (χ0v) is 12.0.